The van der Waals surface area contributed by atoms with Crippen molar-refractivity contribution in [3.63, 3.8) is 0 Å². The highest BCUT2D eigenvalue weighted by Crippen LogP contribution is 2.41. The third-order valence-corrected chi connectivity index (χ3v) is 7.04. The molecule has 1 aliphatic carbocycles. The number of carbonyl (C=O) groups excluding carboxylic acids is 2. The highest BCUT2D eigenvalue weighted by molar-refractivity contribution is 5.97. The zero-order chi connectivity index (χ0) is 28.7. The molecule has 0 radical (unpaired) electrons. The average Bonchev–Trinajstić information content (AvgIpc) is 3.41. The predicted molar refractivity (Wildman–Crippen MR) is 125 cm³/mol. The molecule has 4 atom stereocenters. The summed E-state index contributed by atoms with van der Waals surface area (Å²) in [7, 11) is 0. The van der Waals surface area contributed by atoms with Gasteiger partial charge in [0.15, 0.2) is 5.78 Å². The van der Waals surface area contributed by atoms with Gasteiger partial charge in [0.1, 0.15) is 5.82 Å². The monoisotopic (exact) mass is 558 g/mol. The van der Waals surface area contributed by atoms with Gasteiger partial charge in [0, 0.05) is 43.1 Å². The zero-order valence-corrected chi connectivity index (χ0v) is 20.7. The van der Waals surface area contributed by atoms with Crippen molar-refractivity contribution in [2.45, 2.75) is 50.2 Å². The van der Waals surface area contributed by atoms with Crippen LogP contribution in [-0.4, -0.2) is 35.8 Å². The van der Waals surface area contributed by atoms with Gasteiger partial charge in [-0.25, -0.2) is 4.39 Å². The topological polar surface area (TPSA) is 72.6 Å². The third kappa shape index (κ3) is 6.60. The number of rotatable bonds is 7. The van der Waals surface area contributed by atoms with Crippen molar-refractivity contribution in [2.75, 3.05) is 13.1 Å². The summed E-state index contributed by atoms with van der Waals surface area (Å²) in [5.41, 5.74) is 3.31. The summed E-state index contributed by atoms with van der Waals surface area (Å²) < 4.78 is 99.9. The van der Waals surface area contributed by atoms with Crippen LogP contribution in [0.1, 0.15) is 54.0 Å². The molecule has 12 heteroatoms. The lowest BCUT2D eigenvalue weighted by molar-refractivity contribution is -0.143. The van der Waals surface area contributed by atoms with Crippen LogP contribution in [0.5, 0.6) is 0 Å². The first kappa shape index (κ1) is 28.6. The van der Waals surface area contributed by atoms with Gasteiger partial charge < -0.3 is 15.4 Å². The lowest BCUT2D eigenvalue weighted by Gasteiger charge is -2.25. The van der Waals surface area contributed by atoms with E-state index in [0.29, 0.717) is 29.9 Å². The number of ether oxygens (including phenoxy) is 1. The predicted octanol–water partition coefficient (Wildman–Crippen LogP) is 5.76. The molecule has 39 heavy (non-hydrogen) atoms. The summed E-state index contributed by atoms with van der Waals surface area (Å²) in [6, 6.07) is 6.85. The first-order chi connectivity index (χ1) is 18.1. The lowest BCUT2D eigenvalue weighted by atomic mass is 9.95. The third-order valence-electron chi connectivity index (χ3n) is 7.04. The number of allylic oxidation sites excluding steroid dienone is 2. The quantitative estimate of drug-likeness (QED) is 0.439. The summed E-state index contributed by atoms with van der Waals surface area (Å²) in [5, 5.41) is 0. The van der Waals surface area contributed by atoms with E-state index in [2.05, 4.69) is 0 Å². The fraction of sp³-hybridized carbons (Fsp3) is 0.407. The van der Waals surface area contributed by atoms with Gasteiger partial charge in [-0.3, -0.25) is 9.59 Å². The van der Waals surface area contributed by atoms with E-state index in [1.165, 1.54) is 37.3 Å². The molecule has 0 saturated carbocycles. The molecular weight excluding hydrogens is 533 g/mol. The highest BCUT2D eigenvalue weighted by atomic mass is 19.4. The molecule has 2 aliphatic rings. The van der Waals surface area contributed by atoms with E-state index in [9.17, 15) is 40.3 Å². The number of halogens is 7. The largest absolute Gasteiger partial charge is 0.416 e. The van der Waals surface area contributed by atoms with E-state index >= 15 is 0 Å². The van der Waals surface area contributed by atoms with Crippen molar-refractivity contribution < 1.29 is 45.1 Å². The Morgan fingerprint density at radius 2 is 1.62 bits per heavy atom. The Bertz CT molecular complexity index is 1240. The molecule has 1 aliphatic heterocycles. The average molecular weight is 558 g/mol. The fourth-order valence-corrected chi connectivity index (χ4v) is 5.06. The number of nitrogens with zero attached hydrogens (tertiary/aromatic N) is 1. The van der Waals surface area contributed by atoms with Crippen molar-refractivity contribution in [3.8, 4) is 0 Å². The Hall–Kier alpha value is -3.41. The van der Waals surface area contributed by atoms with Gasteiger partial charge in [-0.05, 0) is 54.8 Å². The van der Waals surface area contributed by atoms with Crippen LogP contribution in [0.2, 0.25) is 0 Å². The number of primary amides is 1. The number of hydrogen-bond donors (Lipinski definition) is 1. The first-order valence-corrected chi connectivity index (χ1v) is 12.1. The fourth-order valence-electron chi connectivity index (χ4n) is 5.06. The minimum Gasteiger partial charge on any atom is -0.371 e. The normalized spacial score (nSPS) is 22.8. The number of ketones is 1. The minimum atomic E-state index is -5.00. The first-order valence-electron chi connectivity index (χ1n) is 12.1. The molecule has 210 valence electrons. The standard InChI is InChI=1S/C27H25F7N2O3/c1-14(16-6-18(26(29,30)31)10-19(7-16)27(32,33)34)39-24-13-36(12-22(24)15-2-4-20(28)5-3-15)21-8-17(9-25(35)38)23(37)11-21/h2-7,10-11,14,17,22,24H,8-9,12-13H2,1H3,(H2,35,38). The Morgan fingerprint density at radius 1 is 1.03 bits per heavy atom. The smallest absolute Gasteiger partial charge is 0.371 e. The van der Waals surface area contributed by atoms with Gasteiger partial charge >= 0.3 is 12.4 Å². The van der Waals surface area contributed by atoms with Crippen LogP contribution >= 0.6 is 0 Å². The summed E-state index contributed by atoms with van der Waals surface area (Å²) in [6.45, 7) is 1.82. The van der Waals surface area contributed by atoms with Gasteiger partial charge in [-0.1, -0.05) is 12.1 Å². The molecule has 4 rings (SSSR count). The number of likely N-dealkylation sites (tertiary alicyclic amines) is 1. The number of benzene rings is 2. The molecule has 0 bridgehead atoms. The lowest BCUT2D eigenvalue weighted by Crippen LogP contribution is -2.25. The molecule has 1 heterocycles. The van der Waals surface area contributed by atoms with Crippen molar-refractivity contribution in [3.05, 3.63) is 82.3 Å². The molecular formula is C27H25F7N2O3. The van der Waals surface area contributed by atoms with E-state index < -0.39 is 59.2 Å². The van der Waals surface area contributed by atoms with E-state index in [4.69, 9.17) is 10.5 Å². The maximum Gasteiger partial charge on any atom is 0.416 e. The van der Waals surface area contributed by atoms with Crippen LogP contribution < -0.4 is 5.73 Å². The van der Waals surface area contributed by atoms with Crippen LogP contribution in [-0.2, 0) is 26.7 Å². The van der Waals surface area contributed by atoms with Crippen LogP contribution in [0.15, 0.2) is 54.2 Å². The molecule has 1 fully saturated rings. The van der Waals surface area contributed by atoms with Gasteiger partial charge in [-0.15, -0.1) is 0 Å². The van der Waals surface area contributed by atoms with E-state index in [1.807, 2.05) is 4.90 Å². The van der Waals surface area contributed by atoms with E-state index in [0.717, 1.165) is 0 Å². The number of hydrogen-bond acceptors (Lipinski definition) is 4. The van der Waals surface area contributed by atoms with Gasteiger partial charge in [0.25, 0.3) is 0 Å². The summed E-state index contributed by atoms with van der Waals surface area (Å²) >= 11 is 0. The zero-order valence-electron chi connectivity index (χ0n) is 20.7. The molecule has 4 unspecified atom stereocenters. The number of amides is 1. The van der Waals surface area contributed by atoms with Gasteiger partial charge in [0.05, 0.1) is 23.3 Å². The summed E-state index contributed by atoms with van der Waals surface area (Å²) in [6.07, 6.45) is -10.4. The number of carbonyl (C=O) groups is 2. The van der Waals surface area contributed by atoms with Crippen molar-refractivity contribution in [2.24, 2.45) is 11.7 Å². The maximum atomic E-state index is 13.6. The second-order valence-electron chi connectivity index (χ2n) is 9.83. The highest BCUT2D eigenvalue weighted by Gasteiger charge is 2.41. The molecule has 0 aromatic heterocycles. The summed E-state index contributed by atoms with van der Waals surface area (Å²) in [5.74, 6) is -2.41. The van der Waals surface area contributed by atoms with Crippen LogP contribution in [0.25, 0.3) is 0 Å². The van der Waals surface area contributed by atoms with Crippen molar-refractivity contribution in [1.29, 1.82) is 0 Å². The number of nitrogens with two attached hydrogens (primary N) is 1. The number of alkyl halides is 6. The molecule has 1 saturated heterocycles. The molecule has 2 aromatic carbocycles. The Kier molecular flexibility index (Phi) is 7.79. The van der Waals surface area contributed by atoms with Gasteiger partial charge in [0.2, 0.25) is 5.91 Å². The Labute approximate surface area is 219 Å². The van der Waals surface area contributed by atoms with Crippen molar-refractivity contribution in [1.82, 2.24) is 4.90 Å². The Morgan fingerprint density at radius 3 is 2.15 bits per heavy atom. The van der Waals surface area contributed by atoms with Crippen LogP contribution in [0, 0.1) is 11.7 Å². The van der Waals surface area contributed by atoms with E-state index in [-0.39, 0.29) is 36.8 Å². The Balaban J connectivity index is 1.62. The second kappa shape index (κ2) is 10.6. The SMILES string of the molecule is CC(OC1CN(C2=CC(=O)C(CC(N)=O)C2)CC1c1ccc(F)cc1)c1cc(C(F)(F)F)cc(C(F)(F)F)c1. The molecule has 1 amide bonds. The van der Waals surface area contributed by atoms with Gasteiger partial charge in [-0.2, -0.15) is 26.3 Å². The molecule has 0 spiro atoms. The molecule has 2 aromatic rings. The summed E-state index contributed by atoms with van der Waals surface area (Å²) in [4.78, 5) is 25.5. The van der Waals surface area contributed by atoms with Crippen LogP contribution in [0.4, 0.5) is 30.7 Å². The minimum absolute atomic E-state index is 0.0565. The molecule has 5 nitrogen and oxygen atoms in total. The molecule has 2 N–H and O–H groups in total. The van der Waals surface area contributed by atoms with Crippen LogP contribution in [0.3, 0.4) is 0 Å². The second-order valence-corrected chi connectivity index (χ2v) is 9.83. The maximum absolute atomic E-state index is 13.6. The van der Waals surface area contributed by atoms with E-state index in [1.54, 1.807) is 0 Å². The van der Waals surface area contributed by atoms with Crippen molar-refractivity contribution >= 4 is 11.7 Å².